The molecule has 1 aliphatic heterocycles. The predicted octanol–water partition coefficient (Wildman–Crippen LogP) is 2.22. The van der Waals surface area contributed by atoms with E-state index in [0.29, 0.717) is 19.0 Å². The van der Waals surface area contributed by atoms with Gasteiger partial charge in [-0.25, -0.2) is 9.97 Å². The fourth-order valence-corrected chi connectivity index (χ4v) is 2.88. The molecule has 1 aromatic heterocycles. The quantitative estimate of drug-likeness (QED) is 0.829. The van der Waals surface area contributed by atoms with Crippen LogP contribution in [0.2, 0.25) is 0 Å². The monoisotopic (exact) mass is 298 g/mol. The number of hydrogen-bond donors (Lipinski definition) is 2. The van der Waals surface area contributed by atoms with Crippen LogP contribution in [0.4, 0.5) is 11.6 Å². The molecule has 116 valence electrons. The molecule has 2 N–H and O–H groups in total. The van der Waals surface area contributed by atoms with Crippen molar-refractivity contribution in [2.24, 2.45) is 0 Å². The topological polar surface area (TPSA) is 61.3 Å². The average molecular weight is 298 g/mol. The van der Waals surface area contributed by atoms with E-state index in [1.54, 1.807) is 6.33 Å². The van der Waals surface area contributed by atoms with Crippen LogP contribution in [0.3, 0.4) is 0 Å². The van der Waals surface area contributed by atoms with E-state index in [1.807, 2.05) is 6.07 Å². The van der Waals surface area contributed by atoms with Crippen molar-refractivity contribution in [3.8, 4) is 0 Å². The van der Waals surface area contributed by atoms with E-state index in [0.717, 1.165) is 24.6 Å². The van der Waals surface area contributed by atoms with Crippen molar-refractivity contribution in [2.75, 3.05) is 23.4 Å². The summed E-state index contributed by atoms with van der Waals surface area (Å²) in [5.41, 5.74) is 2.80. The predicted molar refractivity (Wildman–Crippen MR) is 88.0 cm³/mol. The van der Waals surface area contributed by atoms with Crippen LogP contribution >= 0.6 is 0 Å². The Morgan fingerprint density at radius 2 is 2.09 bits per heavy atom. The first kappa shape index (κ1) is 14.8. The van der Waals surface area contributed by atoms with Crippen molar-refractivity contribution < 1.29 is 5.11 Å². The number of hydrogen-bond acceptors (Lipinski definition) is 5. The molecule has 0 aliphatic carbocycles. The van der Waals surface area contributed by atoms with E-state index in [9.17, 15) is 0 Å². The molecule has 0 bridgehead atoms. The number of aromatic nitrogens is 2. The highest BCUT2D eigenvalue weighted by Gasteiger charge is 2.23. The third-order valence-electron chi connectivity index (χ3n) is 4.09. The number of nitrogens with zero attached hydrogens (tertiary/aromatic N) is 3. The Kier molecular flexibility index (Phi) is 4.53. The Bertz CT molecular complexity index is 632. The molecular weight excluding hydrogens is 276 g/mol. The second kappa shape index (κ2) is 6.75. The van der Waals surface area contributed by atoms with Crippen molar-refractivity contribution in [3.05, 3.63) is 47.8 Å². The summed E-state index contributed by atoms with van der Waals surface area (Å²) in [5.74, 6) is 1.76. The van der Waals surface area contributed by atoms with E-state index in [4.69, 9.17) is 5.11 Å². The molecule has 5 nitrogen and oxygen atoms in total. The molecule has 0 saturated heterocycles. The largest absolute Gasteiger partial charge is 0.396 e. The number of benzene rings is 1. The molecule has 22 heavy (non-hydrogen) atoms. The zero-order chi connectivity index (χ0) is 15.4. The summed E-state index contributed by atoms with van der Waals surface area (Å²) in [7, 11) is 0. The maximum Gasteiger partial charge on any atom is 0.134 e. The number of nitrogens with one attached hydrogen (secondary N) is 1. The highest BCUT2D eigenvalue weighted by molar-refractivity contribution is 5.51. The Morgan fingerprint density at radius 1 is 1.27 bits per heavy atom. The lowest BCUT2D eigenvalue weighted by atomic mass is 9.95. The summed E-state index contributed by atoms with van der Waals surface area (Å²) < 4.78 is 0. The maximum atomic E-state index is 8.85. The molecule has 0 saturated carbocycles. The Hall–Kier alpha value is -2.14. The van der Waals surface area contributed by atoms with Gasteiger partial charge in [0.25, 0.3) is 0 Å². The molecule has 1 atom stereocenters. The third-order valence-corrected chi connectivity index (χ3v) is 4.09. The van der Waals surface area contributed by atoms with E-state index in [2.05, 4.69) is 51.4 Å². The van der Waals surface area contributed by atoms with E-state index < -0.39 is 0 Å². The number of aliphatic hydroxyl groups excluding tert-OH is 1. The van der Waals surface area contributed by atoms with Gasteiger partial charge in [0.05, 0.1) is 0 Å². The molecule has 0 fully saturated rings. The Morgan fingerprint density at radius 3 is 2.91 bits per heavy atom. The summed E-state index contributed by atoms with van der Waals surface area (Å²) in [4.78, 5) is 11.0. The summed E-state index contributed by atoms with van der Waals surface area (Å²) in [5, 5.41) is 12.1. The number of fused-ring (bicyclic) bond motifs is 1. The summed E-state index contributed by atoms with van der Waals surface area (Å²) >= 11 is 0. The lowest BCUT2D eigenvalue weighted by molar-refractivity contribution is 0.292. The Balaban J connectivity index is 1.78. The van der Waals surface area contributed by atoms with Gasteiger partial charge in [-0.15, -0.1) is 0 Å². The molecule has 3 rings (SSSR count). The van der Waals surface area contributed by atoms with Crippen molar-refractivity contribution in [1.29, 1.82) is 0 Å². The summed E-state index contributed by atoms with van der Waals surface area (Å²) in [6.45, 7) is 4.01. The van der Waals surface area contributed by atoms with Gasteiger partial charge in [0.15, 0.2) is 0 Å². The van der Waals surface area contributed by atoms with Crippen LogP contribution in [0.5, 0.6) is 0 Å². The lowest BCUT2D eigenvalue weighted by Crippen LogP contribution is -2.38. The molecular formula is C17H22N4O. The molecule has 0 unspecified atom stereocenters. The fraction of sp³-hybridized carbons (Fsp3) is 0.412. The third kappa shape index (κ3) is 3.20. The molecule has 5 heteroatoms. The molecule has 0 spiro atoms. The molecule has 2 heterocycles. The van der Waals surface area contributed by atoms with Gasteiger partial charge in [0.1, 0.15) is 18.0 Å². The van der Waals surface area contributed by atoms with Gasteiger partial charge in [-0.1, -0.05) is 24.3 Å². The summed E-state index contributed by atoms with van der Waals surface area (Å²) in [6, 6.07) is 11.0. The minimum atomic E-state index is 0.185. The molecule has 0 amide bonds. The second-order valence-electron chi connectivity index (χ2n) is 5.72. The summed E-state index contributed by atoms with van der Waals surface area (Å²) in [6.07, 6.45) is 3.35. The molecule has 1 aliphatic rings. The van der Waals surface area contributed by atoms with Crippen molar-refractivity contribution >= 4 is 11.6 Å². The van der Waals surface area contributed by atoms with Crippen LogP contribution in [0.25, 0.3) is 0 Å². The highest BCUT2D eigenvalue weighted by atomic mass is 16.3. The van der Waals surface area contributed by atoms with Gasteiger partial charge in [-0.05, 0) is 30.9 Å². The SMILES string of the molecule is C[C@H]1Cc2ccccc2CN1c1cc(NCCCO)ncn1. The zero-order valence-electron chi connectivity index (χ0n) is 12.9. The van der Waals surface area contributed by atoms with Gasteiger partial charge >= 0.3 is 0 Å². The van der Waals surface area contributed by atoms with Crippen LogP contribution in [-0.4, -0.2) is 34.3 Å². The molecule has 1 aromatic carbocycles. The lowest BCUT2D eigenvalue weighted by Gasteiger charge is -2.35. The molecule has 0 radical (unpaired) electrons. The van der Waals surface area contributed by atoms with E-state index in [1.165, 1.54) is 11.1 Å². The number of anilines is 2. The normalized spacial score (nSPS) is 17.2. The van der Waals surface area contributed by atoms with Gasteiger partial charge in [-0.3, -0.25) is 0 Å². The first-order chi connectivity index (χ1) is 10.8. The zero-order valence-corrected chi connectivity index (χ0v) is 12.9. The van der Waals surface area contributed by atoms with Gasteiger partial charge < -0.3 is 15.3 Å². The van der Waals surface area contributed by atoms with Crippen molar-refractivity contribution in [1.82, 2.24) is 9.97 Å². The van der Waals surface area contributed by atoms with Gasteiger partial charge in [0, 0.05) is 31.8 Å². The van der Waals surface area contributed by atoms with E-state index >= 15 is 0 Å². The van der Waals surface area contributed by atoms with Crippen LogP contribution in [-0.2, 0) is 13.0 Å². The van der Waals surface area contributed by atoms with Gasteiger partial charge in [0.2, 0.25) is 0 Å². The van der Waals surface area contributed by atoms with Gasteiger partial charge in [-0.2, -0.15) is 0 Å². The maximum absolute atomic E-state index is 8.85. The minimum absolute atomic E-state index is 0.185. The first-order valence-electron chi connectivity index (χ1n) is 7.78. The highest BCUT2D eigenvalue weighted by Crippen LogP contribution is 2.27. The number of rotatable bonds is 5. The smallest absolute Gasteiger partial charge is 0.134 e. The number of aliphatic hydroxyl groups is 1. The van der Waals surface area contributed by atoms with Crippen LogP contribution < -0.4 is 10.2 Å². The van der Waals surface area contributed by atoms with Crippen LogP contribution in [0.1, 0.15) is 24.5 Å². The minimum Gasteiger partial charge on any atom is -0.396 e. The standard InChI is InChI=1S/C17H22N4O/c1-13-9-14-5-2-3-6-15(14)11-21(13)17-10-16(19-12-20-17)18-7-4-8-22/h2-3,5-6,10,12-13,22H,4,7-9,11H2,1H3,(H,18,19,20)/t13-/m0/s1. The average Bonchev–Trinajstić information content (AvgIpc) is 2.55. The van der Waals surface area contributed by atoms with Crippen molar-refractivity contribution in [3.63, 3.8) is 0 Å². The fourth-order valence-electron chi connectivity index (χ4n) is 2.88. The first-order valence-corrected chi connectivity index (χ1v) is 7.78. The van der Waals surface area contributed by atoms with Crippen LogP contribution in [0.15, 0.2) is 36.7 Å². The van der Waals surface area contributed by atoms with Crippen molar-refractivity contribution in [2.45, 2.75) is 32.4 Å². The van der Waals surface area contributed by atoms with Crippen LogP contribution in [0, 0.1) is 0 Å². The second-order valence-corrected chi connectivity index (χ2v) is 5.72. The molecule has 2 aromatic rings. The van der Waals surface area contributed by atoms with E-state index in [-0.39, 0.29) is 6.61 Å². The Labute approximate surface area is 131 Å².